The molecule has 1 heterocycles. The van der Waals surface area contributed by atoms with Crippen LogP contribution in [0.3, 0.4) is 0 Å². The number of aromatic nitrogens is 2. The Morgan fingerprint density at radius 1 is 1.29 bits per heavy atom. The van der Waals surface area contributed by atoms with Gasteiger partial charge in [0, 0.05) is 6.07 Å². The van der Waals surface area contributed by atoms with Crippen LogP contribution < -0.4 is 4.74 Å². The number of ether oxygens (including phenoxy) is 1. The number of halogens is 5. The highest BCUT2D eigenvalue weighted by Crippen LogP contribution is 2.43. The molecule has 0 aliphatic heterocycles. The molecule has 8 heteroatoms. The molecule has 0 amide bonds. The van der Waals surface area contributed by atoms with Crippen LogP contribution in [0.1, 0.15) is 5.69 Å². The third-order valence-corrected chi connectivity index (χ3v) is 1.46. The maximum absolute atomic E-state index is 12.6. The van der Waals surface area contributed by atoms with Gasteiger partial charge in [0.05, 0.1) is 7.11 Å². The van der Waals surface area contributed by atoms with Gasteiger partial charge in [-0.2, -0.15) is 22.0 Å². The van der Waals surface area contributed by atoms with E-state index >= 15 is 0 Å². The summed E-state index contributed by atoms with van der Waals surface area (Å²) in [7, 11) is 1.10. The fourth-order valence-electron chi connectivity index (χ4n) is 0.721. The number of nitrogens with zero attached hydrogens (tertiary/aromatic N) is 1. The lowest BCUT2D eigenvalue weighted by molar-refractivity contribution is -0.290. The summed E-state index contributed by atoms with van der Waals surface area (Å²) in [6.07, 6.45) is -5.65. The van der Waals surface area contributed by atoms with Gasteiger partial charge in [0.1, 0.15) is 5.69 Å². The monoisotopic (exact) mass is 216 g/mol. The zero-order valence-electron chi connectivity index (χ0n) is 6.82. The molecule has 0 aliphatic carbocycles. The summed E-state index contributed by atoms with van der Waals surface area (Å²) < 4.78 is 64.9. The van der Waals surface area contributed by atoms with Crippen LogP contribution in [0.4, 0.5) is 22.0 Å². The van der Waals surface area contributed by atoms with E-state index in [-0.39, 0.29) is 5.88 Å². The van der Waals surface area contributed by atoms with Crippen LogP contribution in [-0.2, 0) is 5.92 Å². The Kier molecular flexibility index (Phi) is 2.38. The lowest BCUT2D eigenvalue weighted by atomic mass is 10.2. The van der Waals surface area contributed by atoms with E-state index in [9.17, 15) is 22.0 Å². The first kappa shape index (κ1) is 10.7. The van der Waals surface area contributed by atoms with Crippen LogP contribution in [0.5, 0.6) is 5.88 Å². The minimum Gasteiger partial charge on any atom is -0.480 e. The molecule has 0 saturated carbocycles. The zero-order valence-corrected chi connectivity index (χ0v) is 6.82. The molecule has 0 saturated heterocycles. The van der Waals surface area contributed by atoms with Gasteiger partial charge in [-0.3, -0.25) is 5.10 Å². The van der Waals surface area contributed by atoms with Crippen molar-refractivity contribution in [3.05, 3.63) is 11.8 Å². The molecule has 0 radical (unpaired) electrons. The van der Waals surface area contributed by atoms with Crippen molar-refractivity contribution in [3.63, 3.8) is 0 Å². The topological polar surface area (TPSA) is 37.9 Å². The molecular formula is C6H5F5N2O. The molecule has 1 aromatic rings. The van der Waals surface area contributed by atoms with E-state index in [2.05, 4.69) is 9.84 Å². The van der Waals surface area contributed by atoms with Gasteiger partial charge in [0.2, 0.25) is 5.88 Å². The van der Waals surface area contributed by atoms with Crippen LogP contribution in [0.25, 0.3) is 0 Å². The minimum absolute atomic E-state index is 0.330. The summed E-state index contributed by atoms with van der Waals surface area (Å²) in [5, 5.41) is 4.65. The molecule has 1 aromatic heterocycles. The highest BCUT2D eigenvalue weighted by Gasteiger charge is 2.60. The van der Waals surface area contributed by atoms with E-state index < -0.39 is 17.8 Å². The highest BCUT2D eigenvalue weighted by molar-refractivity contribution is 5.19. The molecule has 0 atom stereocenters. The Morgan fingerprint density at radius 3 is 2.21 bits per heavy atom. The van der Waals surface area contributed by atoms with Crippen molar-refractivity contribution in [2.75, 3.05) is 7.11 Å². The van der Waals surface area contributed by atoms with Crippen molar-refractivity contribution in [1.82, 2.24) is 10.2 Å². The first-order valence-electron chi connectivity index (χ1n) is 3.33. The molecule has 3 nitrogen and oxygen atoms in total. The molecule has 0 aliphatic rings. The maximum atomic E-state index is 12.6. The van der Waals surface area contributed by atoms with E-state index in [1.54, 1.807) is 5.10 Å². The van der Waals surface area contributed by atoms with Crippen LogP contribution in [-0.4, -0.2) is 23.5 Å². The van der Waals surface area contributed by atoms with Crippen molar-refractivity contribution in [2.24, 2.45) is 0 Å². The summed E-state index contributed by atoms with van der Waals surface area (Å²) in [5.74, 6) is -5.28. The van der Waals surface area contributed by atoms with Crippen molar-refractivity contribution in [3.8, 4) is 5.88 Å². The van der Waals surface area contributed by atoms with Crippen LogP contribution in [0.2, 0.25) is 0 Å². The van der Waals surface area contributed by atoms with Crippen molar-refractivity contribution in [2.45, 2.75) is 12.1 Å². The summed E-state index contributed by atoms with van der Waals surface area (Å²) in [4.78, 5) is 0. The second kappa shape index (κ2) is 3.10. The Morgan fingerprint density at radius 2 is 1.86 bits per heavy atom. The number of aromatic amines is 1. The molecule has 0 bridgehead atoms. The van der Waals surface area contributed by atoms with Gasteiger partial charge in [-0.25, -0.2) is 0 Å². The molecular weight excluding hydrogens is 211 g/mol. The van der Waals surface area contributed by atoms with Crippen LogP contribution in [0.15, 0.2) is 6.07 Å². The molecule has 0 unspecified atom stereocenters. The normalized spacial score (nSPS) is 13.0. The third kappa shape index (κ3) is 1.64. The van der Waals surface area contributed by atoms with Gasteiger partial charge in [-0.15, -0.1) is 5.10 Å². The number of H-pyrrole nitrogens is 1. The van der Waals surface area contributed by atoms with E-state index in [1.807, 2.05) is 0 Å². The van der Waals surface area contributed by atoms with Gasteiger partial charge in [-0.05, 0) is 0 Å². The first-order chi connectivity index (χ1) is 6.29. The number of nitrogens with one attached hydrogen (secondary N) is 1. The predicted molar refractivity (Wildman–Crippen MR) is 35.1 cm³/mol. The quantitative estimate of drug-likeness (QED) is 0.768. The van der Waals surface area contributed by atoms with Crippen LogP contribution in [0, 0.1) is 0 Å². The number of alkyl halides is 5. The van der Waals surface area contributed by atoms with E-state index in [0.29, 0.717) is 6.07 Å². The largest absolute Gasteiger partial charge is 0.480 e. The van der Waals surface area contributed by atoms with Crippen molar-refractivity contribution < 1.29 is 26.7 Å². The number of hydrogen-bond acceptors (Lipinski definition) is 2. The van der Waals surface area contributed by atoms with E-state index in [4.69, 9.17) is 0 Å². The first-order valence-corrected chi connectivity index (χ1v) is 3.33. The van der Waals surface area contributed by atoms with Crippen molar-refractivity contribution >= 4 is 0 Å². The van der Waals surface area contributed by atoms with Gasteiger partial charge < -0.3 is 4.74 Å². The van der Waals surface area contributed by atoms with E-state index in [0.717, 1.165) is 7.11 Å². The Labute approximate surface area is 74.9 Å². The average Bonchev–Trinajstić information content (AvgIpc) is 2.49. The fraction of sp³-hybridized carbons (Fsp3) is 0.500. The molecule has 1 rings (SSSR count). The summed E-state index contributed by atoms with van der Waals surface area (Å²) >= 11 is 0. The van der Waals surface area contributed by atoms with E-state index in [1.165, 1.54) is 0 Å². The lowest BCUT2D eigenvalue weighted by Crippen LogP contribution is -2.33. The Hall–Kier alpha value is -1.34. The molecule has 0 fully saturated rings. The van der Waals surface area contributed by atoms with Gasteiger partial charge in [0.15, 0.2) is 0 Å². The zero-order chi connectivity index (χ0) is 11.0. The number of rotatable bonds is 2. The molecule has 1 N–H and O–H groups in total. The number of hydrogen-bond donors (Lipinski definition) is 1. The average molecular weight is 216 g/mol. The SMILES string of the molecule is COc1cc(C(F)(F)C(F)(F)F)[nH]n1. The van der Waals surface area contributed by atoms with Gasteiger partial charge in [-0.1, -0.05) is 0 Å². The molecule has 80 valence electrons. The standard InChI is InChI=1S/C6H5F5N2O/c1-14-4-2-3(12-13-4)5(7,8)6(9,10)11/h2H,1H3,(H,12,13). The molecule has 0 spiro atoms. The summed E-state index contributed by atoms with van der Waals surface area (Å²) in [6, 6.07) is 0.494. The molecule has 0 aromatic carbocycles. The van der Waals surface area contributed by atoms with Gasteiger partial charge in [0.25, 0.3) is 0 Å². The highest BCUT2D eigenvalue weighted by atomic mass is 19.4. The van der Waals surface area contributed by atoms with Crippen molar-refractivity contribution in [1.29, 1.82) is 0 Å². The Balaban J connectivity index is 3.04. The molecule has 14 heavy (non-hydrogen) atoms. The van der Waals surface area contributed by atoms with Gasteiger partial charge >= 0.3 is 12.1 Å². The third-order valence-electron chi connectivity index (χ3n) is 1.46. The second-order valence-electron chi connectivity index (χ2n) is 2.40. The lowest BCUT2D eigenvalue weighted by Gasteiger charge is -2.17. The summed E-state index contributed by atoms with van der Waals surface area (Å²) in [6.45, 7) is 0. The fourth-order valence-corrected chi connectivity index (χ4v) is 0.721. The smallest absolute Gasteiger partial charge is 0.459 e. The summed E-state index contributed by atoms with van der Waals surface area (Å²) in [5.41, 5.74) is -1.35. The minimum atomic E-state index is -5.65. The second-order valence-corrected chi connectivity index (χ2v) is 2.40. The van der Waals surface area contributed by atoms with Crippen LogP contribution >= 0.6 is 0 Å². The maximum Gasteiger partial charge on any atom is 0.459 e. The Bertz CT molecular complexity index is 318. The number of methoxy groups -OCH3 is 1. The predicted octanol–water partition coefficient (Wildman–Crippen LogP) is 2.07.